The fraction of sp³-hybridized carbons (Fsp3) is 0.524. The number of aromatic nitrogens is 2. The summed E-state index contributed by atoms with van der Waals surface area (Å²) in [7, 11) is 0. The molecule has 1 aliphatic heterocycles. The molecular weight excluding hydrogens is 326 g/mol. The van der Waals surface area contributed by atoms with Gasteiger partial charge in [0.25, 0.3) is 5.56 Å². The predicted molar refractivity (Wildman–Crippen MR) is 99.4 cm³/mol. The summed E-state index contributed by atoms with van der Waals surface area (Å²) in [5.74, 6) is 0.815. The van der Waals surface area contributed by atoms with Gasteiger partial charge in [0.2, 0.25) is 0 Å². The number of aromatic amines is 1. The summed E-state index contributed by atoms with van der Waals surface area (Å²) in [5.41, 5.74) is 4.49. The van der Waals surface area contributed by atoms with E-state index in [9.17, 15) is 4.79 Å². The van der Waals surface area contributed by atoms with Gasteiger partial charge in [0.15, 0.2) is 5.82 Å². The molecule has 26 heavy (non-hydrogen) atoms. The van der Waals surface area contributed by atoms with Gasteiger partial charge in [-0.25, -0.2) is 4.98 Å². The first kappa shape index (κ1) is 16.2. The molecule has 2 N–H and O–H groups in total. The van der Waals surface area contributed by atoms with Crippen LogP contribution in [0.15, 0.2) is 29.1 Å². The number of H-pyrrole nitrogens is 1. The lowest BCUT2D eigenvalue weighted by molar-refractivity contribution is -0.922. The van der Waals surface area contributed by atoms with Crippen molar-refractivity contribution in [2.75, 3.05) is 26.3 Å². The van der Waals surface area contributed by atoms with Crippen LogP contribution in [0.4, 0.5) is 0 Å². The maximum Gasteiger partial charge on any atom is 0.255 e. The Morgan fingerprint density at radius 2 is 1.92 bits per heavy atom. The summed E-state index contributed by atoms with van der Waals surface area (Å²) in [4.78, 5) is 22.7. The predicted octanol–water partition coefficient (Wildman–Crippen LogP) is 1.22. The van der Waals surface area contributed by atoms with Crippen molar-refractivity contribution >= 4 is 0 Å². The molecule has 0 unspecified atom stereocenters. The molecule has 0 amide bonds. The monoisotopic (exact) mass is 352 g/mol. The lowest BCUT2D eigenvalue weighted by atomic mass is 9.68. The number of morpholine rings is 1. The Balaban J connectivity index is 1.62. The van der Waals surface area contributed by atoms with E-state index in [2.05, 4.69) is 29.2 Å². The minimum atomic E-state index is -0.00534. The van der Waals surface area contributed by atoms with Crippen molar-refractivity contribution in [1.82, 2.24) is 9.97 Å². The maximum atomic E-state index is 13.2. The molecular formula is C21H26N3O2+. The highest BCUT2D eigenvalue weighted by molar-refractivity contribution is 5.71. The Hall–Kier alpha value is -1.98. The van der Waals surface area contributed by atoms with Gasteiger partial charge in [0.1, 0.15) is 19.6 Å². The highest BCUT2D eigenvalue weighted by Gasteiger charge is 2.44. The van der Waals surface area contributed by atoms with Gasteiger partial charge in [-0.3, -0.25) is 4.79 Å². The summed E-state index contributed by atoms with van der Waals surface area (Å²) in [6.07, 6.45) is 5.61. The van der Waals surface area contributed by atoms with Crippen LogP contribution in [0.3, 0.4) is 0 Å². The van der Waals surface area contributed by atoms with Crippen LogP contribution in [0, 0.1) is 0 Å². The van der Waals surface area contributed by atoms with E-state index in [0.717, 1.165) is 74.8 Å². The summed E-state index contributed by atoms with van der Waals surface area (Å²) >= 11 is 0. The van der Waals surface area contributed by atoms with Gasteiger partial charge in [0.05, 0.1) is 24.5 Å². The largest absolute Gasteiger partial charge is 0.370 e. The Morgan fingerprint density at radius 3 is 2.73 bits per heavy atom. The second kappa shape index (κ2) is 6.32. The number of nitrogens with one attached hydrogen (secondary N) is 2. The van der Waals surface area contributed by atoms with Gasteiger partial charge in [-0.05, 0) is 24.8 Å². The highest BCUT2D eigenvalue weighted by atomic mass is 16.5. The number of nitrogens with zero attached hydrogens (tertiary/aromatic N) is 1. The van der Waals surface area contributed by atoms with E-state index in [1.807, 2.05) is 0 Å². The average molecular weight is 352 g/mol. The molecule has 2 aromatic rings. The molecule has 1 spiro atoms. The van der Waals surface area contributed by atoms with E-state index >= 15 is 0 Å². The number of hydrogen-bond donors (Lipinski definition) is 2. The number of hydrogen-bond acceptors (Lipinski definition) is 3. The third kappa shape index (κ3) is 2.61. The van der Waals surface area contributed by atoms with Gasteiger partial charge in [-0.2, -0.15) is 0 Å². The SMILES string of the molecule is O=c1[nH]c(C[NH+]2CCOCC2)nc2c1C1(CCCC1)Cc1ccccc1-2. The molecule has 5 heteroatoms. The minimum absolute atomic E-state index is 0.00534. The van der Waals surface area contributed by atoms with Crippen LogP contribution >= 0.6 is 0 Å². The number of benzene rings is 1. The van der Waals surface area contributed by atoms with Crippen molar-refractivity contribution in [3.8, 4) is 11.3 Å². The van der Waals surface area contributed by atoms with E-state index in [1.54, 1.807) is 0 Å². The molecule has 1 saturated carbocycles. The number of quaternary nitrogens is 1. The zero-order chi connectivity index (χ0) is 17.6. The standard InChI is InChI=1S/C21H25N3O2/c25-20-18-19(22-17(23-20)14-24-9-11-26-12-10-24)16-6-2-1-5-15(16)13-21(18)7-3-4-8-21/h1-2,5-6H,3-4,7-14H2,(H,22,23,25)/p+1. The first-order chi connectivity index (χ1) is 12.8. The number of rotatable bonds is 2. The topological polar surface area (TPSA) is 59.4 Å². The molecule has 5 rings (SSSR count). The van der Waals surface area contributed by atoms with E-state index in [4.69, 9.17) is 9.72 Å². The van der Waals surface area contributed by atoms with Gasteiger partial charge in [0, 0.05) is 11.0 Å². The number of fused-ring (bicyclic) bond motifs is 4. The van der Waals surface area contributed by atoms with E-state index < -0.39 is 0 Å². The highest BCUT2D eigenvalue weighted by Crippen LogP contribution is 2.49. The first-order valence-electron chi connectivity index (χ1n) is 9.88. The summed E-state index contributed by atoms with van der Waals surface area (Å²) in [6, 6.07) is 8.52. The van der Waals surface area contributed by atoms with Crippen LogP contribution in [0.2, 0.25) is 0 Å². The summed E-state index contributed by atoms with van der Waals surface area (Å²) in [5, 5.41) is 0. The summed E-state index contributed by atoms with van der Waals surface area (Å²) in [6.45, 7) is 4.29. The minimum Gasteiger partial charge on any atom is -0.370 e. The van der Waals surface area contributed by atoms with Gasteiger partial charge in [-0.15, -0.1) is 0 Å². The van der Waals surface area contributed by atoms with Crippen LogP contribution in [0.5, 0.6) is 0 Å². The normalized spacial score (nSPS) is 21.5. The lowest BCUT2D eigenvalue weighted by Crippen LogP contribution is -3.12. The van der Waals surface area contributed by atoms with Crippen molar-refractivity contribution < 1.29 is 9.64 Å². The second-order valence-corrected chi connectivity index (χ2v) is 8.10. The van der Waals surface area contributed by atoms with Crippen LogP contribution in [-0.4, -0.2) is 36.3 Å². The molecule has 1 aromatic heterocycles. The second-order valence-electron chi connectivity index (χ2n) is 8.10. The van der Waals surface area contributed by atoms with Crippen LogP contribution in [-0.2, 0) is 23.1 Å². The number of ether oxygens (including phenoxy) is 1. The molecule has 5 nitrogen and oxygen atoms in total. The Kier molecular flexibility index (Phi) is 3.94. The first-order valence-corrected chi connectivity index (χ1v) is 9.88. The third-order valence-electron chi connectivity index (χ3n) is 6.48. The molecule has 1 saturated heterocycles. The zero-order valence-corrected chi connectivity index (χ0v) is 15.1. The van der Waals surface area contributed by atoms with E-state index in [1.165, 1.54) is 23.3 Å². The quantitative estimate of drug-likeness (QED) is 0.854. The van der Waals surface area contributed by atoms with Gasteiger partial charge < -0.3 is 14.6 Å². The van der Waals surface area contributed by atoms with Crippen molar-refractivity contribution in [2.24, 2.45) is 0 Å². The fourth-order valence-electron chi connectivity index (χ4n) is 5.20. The average Bonchev–Trinajstić information content (AvgIpc) is 3.11. The van der Waals surface area contributed by atoms with E-state index in [0.29, 0.717) is 0 Å². The van der Waals surface area contributed by atoms with Crippen molar-refractivity contribution in [3.05, 3.63) is 51.6 Å². The van der Waals surface area contributed by atoms with Crippen LogP contribution < -0.4 is 10.5 Å². The van der Waals surface area contributed by atoms with Crippen molar-refractivity contribution in [1.29, 1.82) is 0 Å². The molecule has 0 radical (unpaired) electrons. The lowest BCUT2D eigenvalue weighted by Gasteiger charge is -2.35. The molecule has 1 aromatic carbocycles. The van der Waals surface area contributed by atoms with Crippen molar-refractivity contribution in [2.45, 2.75) is 44.1 Å². The molecule has 2 heterocycles. The molecule has 2 aliphatic carbocycles. The molecule has 3 aliphatic rings. The van der Waals surface area contributed by atoms with Gasteiger partial charge in [-0.1, -0.05) is 37.1 Å². The Bertz CT molecular complexity index is 877. The Morgan fingerprint density at radius 1 is 1.15 bits per heavy atom. The third-order valence-corrected chi connectivity index (χ3v) is 6.48. The van der Waals surface area contributed by atoms with Gasteiger partial charge >= 0.3 is 0 Å². The van der Waals surface area contributed by atoms with Crippen LogP contribution in [0.1, 0.15) is 42.6 Å². The maximum absolute atomic E-state index is 13.2. The van der Waals surface area contributed by atoms with Crippen LogP contribution in [0.25, 0.3) is 11.3 Å². The summed E-state index contributed by atoms with van der Waals surface area (Å²) < 4.78 is 5.45. The van der Waals surface area contributed by atoms with E-state index in [-0.39, 0.29) is 11.0 Å². The molecule has 0 atom stereocenters. The molecule has 136 valence electrons. The van der Waals surface area contributed by atoms with Crippen molar-refractivity contribution in [3.63, 3.8) is 0 Å². The molecule has 2 fully saturated rings. The zero-order valence-electron chi connectivity index (χ0n) is 15.1. The Labute approximate surface area is 153 Å². The fourth-order valence-corrected chi connectivity index (χ4v) is 5.20. The smallest absolute Gasteiger partial charge is 0.255 e. The molecule has 0 bridgehead atoms.